The average Bonchev–Trinajstić information content (AvgIpc) is 2.18. The molecule has 0 atom stereocenters. The molecule has 0 aromatic carbocycles. The quantitative estimate of drug-likeness (QED) is 0.672. The maximum absolute atomic E-state index is 10.5. The summed E-state index contributed by atoms with van der Waals surface area (Å²) in [5.41, 5.74) is 1.99. The third-order valence-electron chi connectivity index (χ3n) is 2.20. The number of anilines is 1. The molecule has 0 radical (unpaired) electrons. The number of nitrogens with one attached hydrogen (secondary N) is 1. The number of pyridine rings is 1. The second-order valence-corrected chi connectivity index (χ2v) is 3.83. The van der Waals surface area contributed by atoms with Gasteiger partial charge in [-0.15, -0.1) is 4.83 Å². The number of aryl methyl sites for hydroxylation is 1. The zero-order valence-corrected chi connectivity index (χ0v) is 8.41. The molecule has 1 aromatic rings. The second-order valence-electron chi connectivity index (χ2n) is 3.12. The zero-order valence-electron chi connectivity index (χ0n) is 7.51. The van der Waals surface area contributed by atoms with E-state index in [2.05, 4.69) is 9.82 Å². The van der Waals surface area contributed by atoms with Gasteiger partial charge in [0.25, 0.3) is 0 Å². The van der Waals surface area contributed by atoms with E-state index >= 15 is 0 Å². The molecule has 0 bridgehead atoms. The molecule has 0 fully saturated rings. The number of hydrogen-bond donors (Lipinski definition) is 2. The van der Waals surface area contributed by atoms with Crippen molar-refractivity contribution in [2.75, 3.05) is 11.6 Å². The summed E-state index contributed by atoms with van der Waals surface area (Å²) in [6.07, 6.45) is 5.34. The minimum Gasteiger partial charge on any atom is -0.295 e. The summed E-state index contributed by atoms with van der Waals surface area (Å²) in [6.45, 7) is 0.709. The molecule has 0 amide bonds. The fourth-order valence-electron chi connectivity index (χ4n) is 1.63. The lowest BCUT2D eigenvalue weighted by Gasteiger charge is -2.28. The monoisotopic (exact) mass is 213 g/mol. The van der Waals surface area contributed by atoms with Gasteiger partial charge in [-0.3, -0.25) is 9.99 Å². The molecule has 0 saturated heterocycles. The van der Waals surface area contributed by atoms with Crippen LogP contribution < -0.4 is 9.84 Å². The largest absolute Gasteiger partial charge is 0.295 e. The molecule has 0 saturated carbocycles. The van der Waals surface area contributed by atoms with Gasteiger partial charge in [0.05, 0.1) is 5.69 Å². The summed E-state index contributed by atoms with van der Waals surface area (Å²) in [6, 6.07) is 1.82. The van der Waals surface area contributed by atoms with E-state index in [1.807, 2.05) is 6.07 Å². The Labute approximate surface area is 83.8 Å². The second kappa shape index (κ2) is 3.93. The number of aromatic nitrogens is 1. The van der Waals surface area contributed by atoms with Crippen LogP contribution >= 0.6 is 0 Å². The molecule has 6 heteroatoms. The van der Waals surface area contributed by atoms with Crippen LogP contribution in [-0.2, 0) is 17.3 Å². The van der Waals surface area contributed by atoms with Gasteiger partial charge in [0.2, 0.25) is 10.9 Å². The first-order valence-corrected chi connectivity index (χ1v) is 5.56. The number of nitrogens with zero attached hydrogens (tertiary/aromatic N) is 2. The lowest BCUT2D eigenvalue weighted by molar-refractivity contribution is 0.587. The first-order valence-electron chi connectivity index (χ1n) is 4.38. The minimum atomic E-state index is -2.59. The van der Waals surface area contributed by atoms with Crippen molar-refractivity contribution in [1.82, 2.24) is 9.82 Å². The molecule has 1 aliphatic heterocycles. The fourth-order valence-corrected chi connectivity index (χ4v) is 2.03. The highest BCUT2D eigenvalue weighted by atomic mass is 32.2. The van der Waals surface area contributed by atoms with Gasteiger partial charge in [-0.25, -0.2) is 8.42 Å². The SMILES string of the molecule is O=[SH](=O)NN1CCCc2cnccc21. The third kappa shape index (κ3) is 1.85. The van der Waals surface area contributed by atoms with Gasteiger partial charge in [0, 0.05) is 18.9 Å². The normalized spacial score (nSPS) is 15.6. The van der Waals surface area contributed by atoms with Gasteiger partial charge in [-0.05, 0) is 24.5 Å². The van der Waals surface area contributed by atoms with Crippen LogP contribution in [0.4, 0.5) is 5.69 Å². The molecule has 0 aliphatic carbocycles. The first kappa shape index (κ1) is 9.42. The lowest BCUT2D eigenvalue weighted by atomic mass is 10.1. The summed E-state index contributed by atoms with van der Waals surface area (Å²) in [5.74, 6) is 0. The van der Waals surface area contributed by atoms with Crippen LogP contribution in [0, 0.1) is 0 Å². The average molecular weight is 213 g/mol. The van der Waals surface area contributed by atoms with Crippen molar-refractivity contribution in [3.63, 3.8) is 0 Å². The zero-order chi connectivity index (χ0) is 9.97. The molecular formula is C8H11N3O2S. The maximum atomic E-state index is 10.5. The van der Waals surface area contributed by atoms with E-state index in [1.165, 1.54) is 0 Å². The van der Waals surface area contributed by atoms with Crippen LogP contribution in [0.15, 0.2) is 18.5 Å². The van der Waals surface area contributed by atoms with Crippen molar-refractivity contribution < 1.29 is 8.42 Å². The Bertz CT molecular complexity index is 397. The van der Waals surface area contributed by atoms with E-state index in [-0.39, 0.29) is 0 Å². The number of thiol groups is 1. The van der Waals surface area contributed by atoms with Crippen molar-refractivity contribution in [3.8, 4) is 0 Å². The molecule has 14 heavy (non-hydrogen) atoms. The van der Waals surface area contributed by atoms with Gasteiger partial charge in [0.1, 0.15) is 0 Å². The van der Waals surface area contributed by atoms with E-state index in [0.717, 1.165) is 24.1 Å². The van der Waals surface area contributed by atoms with E-state index in [9.17, 15) is 8.42 Å². The molecule has 1 aliphatic rings. The molecular weight excluding hydrogens is 202 g/mol. The summed E-state index contributed by atoms with van der Waals surface area (Å²) in [5, 5.41) is 1.65. The Morgan fingerprint density at radius 2 is 2.36 bits per heavy atom. The Morgan fingerprint density at radius 3 is 3.14 bits per heavy atom. The summed E-state index contributed by atoms with van der Waals surface area (Å²) < 4.78 is 21.1. The molecule has 5 nitrogen and oxygen atoms in total. The molecule has 1 aromatic heterocycles. The molecule has 76 valence electrons. The van der Waals surface area contributed by atoms with E-state index < -0.39 is 10.9 Å². The number of fused-ring (bicyclic) bond motifs is 1. The standard InChI is InChI=1S/C8H11N3O2S/c12-14(13)10-11-5-1-2-7-6-9-4-3-8(7)11/h3-4,6,14H,1-2,5H2,(H,10,12,13). The highest BCUT2D eigenvalue weighted by molar-refractivity contribution is 7.70. The van der Waals surface area contributed by atoms with Crippen LogP contribution in [0.3, 0.4) is 0 Å². The fraction of sp³-hybridized carbons (Fsp3) is 0.375. The van der Waals surface area contributed by atoms with Crippen molar-refractivity contribution in [2.45, 2.75) is 12.8 Å². The van der Waals surface area contributed by atoms with Crippen LogP contribution in [0.25, 0.3) is 0 Å². The number of hydrazine groups is 1. The molecule has 0 spiro atoms. The van der Waals surface area contributed by atoms with Crippen LogP contribution in [0.2, 0.25) is 0 Å². The first-order chi connectivity index (χ1) is 6.77. The van der Waals surface area contributed by atoms with E-state index in [1.54, 1.807) is 17.4 Å². The van der Waals surface area contributed by atoms with Crippen molar-refractivity contribution in [1.29, 1.82) is 0 Å². The third-order valence-corrected chi connectivity index (χ3v) is 2.60. The van der Waals surface area contributed by atoms with E-state index in [4.69, 9.17) is 0 Å². The minimum absolute atomic E-state index is 0.709. The topological polar surface area (TPSA) is 62.3 Å². The van der Waals surface area contributed by atoms with Crippen LogP contribution in [0.5, 0.6) is 0 Å². The number of rotatable bonds is 2. The molecule has 1 N–H and O–H groups in total. The van der Waals surface area contributed by atoms with Gasteiger partial charge in [-0.2, -0.15) is 0 Å². The van der Waals surface area contributed by atoms with Gasteiger partial charge in [-0.1, -0.05) is 0 Å². The summed E-state index contributed by atoms with van der Waals surface area (Å²) in [4.78, 5) is 6.40. The van der Waals surface area contributed by atoms with Crippen LogP contribution in [0.1, 0.15) is 12.0 Å². The lowest BCUT2D eigenvalue weighted by Crippen LogP contribution is -2.40. The van der Waals surface area contributed by atoms with Gasteiger partial charge < -0.3 is 0 Å². The predicted molar refractivity (Wildman–Crippen MR) is 53.4 cm³/mol. The highest BCUT2D eigenvalue weighted by Gasteiger charge is 2.16. The van der Waals surface area contributed by atoms with Crippen molar-refractivity contribution in [2.24, 2.45) is 0 Å². The summed E-state index contributed by atoms with van der Waals surface area (Å²) >= 11 is 0. The predicted octanol–water partition coefficient (Wildman–Crippen LogP) is -0.135. The van der Waals surface area contributed by atoms with Gasteiger partial charge in [0.15, 0.2) is 0 Å². The smallest absolute Gasteiger partial charge is 0.218 e. The van der Waals surface area contributed by atoms with Crippen molar-refractivity contribution in [3.05, 3.63) is 24.0 Å². The number of hydrogen-bond acceptors (Lipinski definition) is 4. The van der Waals surface area contributed by atoms with Gasteiger partial charge >= 0.3 is 0 Å². The summed E-state index contributed by atoms with van der Waals surface area (Å²) in [7, 11) is -2.59. The molecule has 2 heterocycles. The highest BCUT2D eigenvalue weighted by Crippen LogP contribution is 2.23. The Kier molecular flexibility index (Phi) is 2.64. The Morgan fingerprint density at radius 1 is 1.50 bits per heavy atom. The Hall–Kier alpha value is -1.14. The van der Waals surface area contributed by atoms with E-state index in [0.29, 0.717) is 6.54 Å². The van der Waals surface area contributed by atoms with Crippen molar-refractivity contribution >= 4 is 16.6 Å². The van der Waals surface area contributed by atoms with Crippen LogP contribution in [-0.4, -0.2) is 19.9 Å². The maximum Gasteiger partial charge on any atom is 0.218 e. The molecule has 0 unspecified atom stereocenters. The molecule has 2 rings (SSSR count). The Balaban J connectivity index is 2.30.